The quantitative estimate of drug-likeness (QED) is 0.249. The van der Waals surface area contributed by atoms with Gasteiger partial charge in [-0.25, -0.2) is 0 Å². The minimum absolute atomic E-state index is 0.0216. The molecular formula is C17H27ClO4. The van der Waals surface area contributed by atoms with Gasteiger partial charge in [-0.05, 0) is 19.3 Å². The lowest BCUT2D eigenvalue weighted by Gasteiger charge is -2.10. The van der Waals surface area contributed by atoms with Gasteiger partial charge < -0.3 is 14.9 Å². The van der Waals surface area contributed by atoms with E-state index in [1.54, 1.807) is 6.08 Å². The molecule has 0 aromatic carbocycles. The molecule has 0 spiro atoms. The van der Waals surface area contributed by atoms with Crippen molar-refractivity contribution in [1.82, 2.24) is 0 Å². The topological polar surface area (TPSA) is 66.8 Å². The standard InChI is InChI=1S/C17H27ClO4/c1-2-3-4-5-6-10-16(22-13-12-19)11-8-7-9-15(18)14-17(20)21/h7,9,15-16,19H,2-5,8,11-14H2,1H3,(H,20,21). The molecule has 5 heteroatoms. The predicted molar refractivity (Wildman–Crippen MR) is 89.0 cm³/mol. The van der Waals surface area contributed by atoms with Gasteiger partial charge in [-0.2, -0.15) is 0 Å². The first-order chi connectivity index (χ1) is 10.6. The molecular weight excluding hydrogens is 304 g/mol. The van der Waals surface area contributed by atoms with Crippen molar-refractivity contribution in [3.63, 3.8) is 0 Å². The van der Waals surface area contributed by atoms with Crippen LogP contribution in [0.3, 0.4) is 0 Å². The number of rotatable bonds is 12. The molecule has 0 aliphatic heterocycles. The Labute approximate surface area is 138 Å². The van der Waals surface area contributed by atoms with E-state index in [9.17, 15) is 4.79 Å². The Morgan fingerprint density at radius 2 is 2.18 bits per heavy atom. The number of aliphatic hydroxyl groups excluding tert-OH is 1. The van der Waals surface area contributed by atoms with E-state index in [0.717, 1.165) is 12.8 Å². The molecule has 2 atom stereocenters. The van der Waals surface area contributed by atoms with Crippen LogP contribution in [0.15, 0.2) is 12.2 Å². The molecule has 2 unspecified atom stereocenters. The zero-order valence-electron chi connectivity index (χ0n) is 13.3. The summed E-state index contributed by atoms with van der Waals surface area (Å²) >= 11 is 5.85. The van der Waals surface area contributed by atoms with Crippen molar-refractivity contribution in [3.05, 3.63) is 12.2 Å². The van der Waals surface area contributed by atoms with E-state index in [1.807, 2.05) is 6.08 Å². The van der Waals surface area contributed by atoms with Gasteiger partial charge in [0.05, 0.1) is 25.0 Å². The van der Waals surface area contributed by atoms with Crippen LogP contribution in [0, 0.1) is 11.8 Å². The van der Waals surface area contributed by atoms with Gasteiger partial charge >= 0.3 is 5.97 Å². The molecule has 22 heavy (non-hydrogen) atoms. The first-order valence-electron chi connectivity index (χ1n) is 7.83. The molecule has 0 saturated carbocycles. The molecule has 0 radical (unpaired) electrons. The third-order valence-corrected chi connectivity index (χ3v) is 3.19. The fourth-order valence-electron chi connectivity index (χ4n) is 1.77. The van der Waals surface area contributed by atoms with Gasteiger partial charge in [0.25, 0.3) is 0 Å². The first-order valence-corrected chi connectivity index (χ1v) is 8.27. The molecule has 126 valence electrons. The fraction of sp³-hybridized carbons (Fsp3) is 0.706. The van der Waals surface area contributed by atoms with Crippen molar-refractivity contribution in [2.24, 2.45) is 0 Å². The van der Waals surface area contributed by atoms with E-state index < -0.39 is 11.3 Å². The van der Waals surface area contributed by atoms with Crippen LogP contribution in [0.5, 0.6) is 0 Å². The van der Waals surface area contributed by atoms with Crippen molar-refractivity contribution in [3.8, 4) is 11.8 Å². The molecule has 0 fully saturated rings. The highest BCUT2D eigenvalue weighted by atomic mass is 35.5. The Kier molecular flexibility index (Phi) is 14.2. The van der Waals surface area contributed by atoms with E-state index in [1.165, 1.54) is 12.8 Å². The summed E-state index contributed by atoms with van der Waals surface area (Å²) in [4.78, 5) is 10.5. The summed E-state index contributed by atoms with van der Waals surface area (Å²) < 4.78 is 5.48. The number of alkyl halides is 1. The van der Waals surface area contributed by atoms with E-state index in [2.05, 4.69) is 18.8 Å². The second kappa shape index (κ2) is 14.9. The predicted octanol–water partition coefficient (Wildman–Crippen LogP) is 3.37. The molecule has 0 aliphatic rings. The van der Waals surface area contributed by atoms with Crippen molar-refractivity contribution < 1.29 is 19.7 Å². The van der Waals surface area contributed by atoms with Gasteiger partial charge in [0.2, 0.25) is 0 Å². The summed E-state index contributed by atoms with van der Waals surface area (Å²) in [5, 5.41) is 16.9. The second-order valence-electron chi connectivity index (χ2n) is 4.98. The minimum Gasteiger partial charge on any atom is -0.481 e. The van der Waals surface area contributed by atoms with Crippen LogP contribution in [0.2, 0.25) is 0 Å². The maximum absolute atomic E-state index is 10.5. The summed E-state index contributed by atoms with van der Waals surface area (Å²) in [5.74, 6) is 5.30. The Morgan fingerprint density at radius 3 is 2.82 bits per heavy atom. The minimum atomic E-state index is -0.910. The second-order valence-corrected chi connectivity index (χ2v) is 5.54. The van der Waals surface area contributed by atoms with E-state index >= 15 is 0 Å². The van der Waals surface area contributed by atoms with Gasteiger partial charge in [0.15, 0.2) is 0 Å². The van der Waals surface area contributed by atoms with E-state index in [4.69, 9.17) is 26.6 Å². The highest BCUT2D eigenvalue weighted by molar-refractivity contribution is 6.22. The molecule has 0 amide bonds. The van der Waals surface area contributed by atoms with Crippen molar-refractivity contribution >= 4 is 17.6 Å². The van der Waals surface area contributed by atoms with Crippen LogP contribution < -0.4 is 0 Å². The molecule has 0 saturated heterocycles. The number of hydrogen-bond acceptors (Lipinski definition) is 3. The maximum Gasteiger partial charge on any atom is 0.305 e. The SMILES string of the molecule is CCCCCC#CC(CCC=CC(Cl)CC(=O)O)OCCO. The lowest BCUT2D eigenvalue weighted by Crippen LogP contribution is -2.13. The molecule has 0 bridgehead atoms. The highest BCUT2D eigenvalue weighted by Crippen LogP contribution is 2.08. The van der Waals surface area contributed by atoms with Crippen LogP contribution in [0.25, 0.3) is 0 Å². The summed E-state index contributed by atoms with van der Waals surface area (Å²) in [7, 11) is 0. The largest absolute Gasteiger partial charge is 0.481 e. The Balaban J connectivity index is 4.12. The van der Waals surface area contributed by atoms with Crippen LogP contribution in [-0.2, 0) is 9.53 Å². The van der Waals surface area contributed by atoms with Crippen molar-refractivity contribution in [2.75, 3.05) is 13.2 Å². The zero-order chi connectivity index (χ0) is 16.6. The monoisotopic (exact) mass is 330 g/mol. The van der Waals surface area contributed by atoms with Crippen LogP contribution >= 0.6 is 11.6 Å². The fourth-order valence-corrected chi connectivity index (χ4v) is 2.00. The third kappa shape index (κ3) is 13.9. The number of halogens is 1. The van der Waals surface area contributed by atoms with Crippen LogP contribution in [0.1, 0.15) is 51.9 Å². The Morgan fingerprint density at radius 1 is 1.41 bits per heavy atom. The maximum atomic E-state index is 10.5. The smallest absolute Gasteiger partial charge is 0.305 e. The lowest BCUT2D eigenvalue weighted by atomic mass is 10.1. The lowest BCUT2D eigenvalue weighted by molar-refractivity contribution is -0.136. The molecule has 2 N–H and O–H groups in total. The highest BCUT2D eigenvalue weighted by Gasteiger charge is 2.06. The average Bonchev–Trinajstić information content (AvgIpc) is 2.47. The van der Waals surface area contributed by atoms with Gasteiger partial charge in [-0.3, -0.25) is 4.79 Å². The Bertz CT molecular complexity index is 371. The molecule has 0 aromatic heterocycles. The number of ether oxygens (including phenoxy) is 1. The molecule has 4 nitrogen and oxygen atoms in total. The number of allylic oxidation sites excluding steroid dienone is 2. The average molecular weight is 331 g/mol. The summed E-state index contributed by atoms with van der Waals surface area (Å²) in [6, 6.07) is 0. The third-order valence-electron chi connectivity index (χ3n) is 2.89. The number of aliphatic carboxylic acids is 1. The van der Waals surface area contributed by atoms with E-state index in [0.29, 0.717) is 12.8 Å². The molecule has 0 heterocycles. The molecule has 0 aromatic rings. The number of unbranched alkanes of at least 4 members (excludes halogenated alkanes) is 3. The number of aliphatic hydroxyl groups is 1. The number of carboxylic acids is 1. The van der Waals surface area contributed by atoms with Gasteiger partial charge in [-0.1, -0.05) is 37.8 Å². The number of carboxylic acid groups (broad SMARTS) is 1. The molecule has 0 rings (SSSR count). The summed E-state index contributed by atoms with van der Waals surface area (Å²) in [6.45, 7) is 2.41. The Hall–Kier alpha value is -1.02. The normalized spacial score (nSPS) is 13.6. The van der Waals surface area contributed by atoms with Crippen molar-refractivity contribution in [2.45, 2.75) is 63.4 Å². The van der Waals surface area contributed by atoms with Crippen molar-refractivity contribution in [1.29, 1.82) is 0 Å². The zero-order valence-corrected chi connectivity index (χ0v) is 14.0. The van der Waals surface area contributed by atoms with Gasteiger partial charge in [0, 0.05) is 6.42 Å². The summed E-state index contributed by atoms with van der Waals surface area (Å²) in [5.41, 5.74) is 0. The van der Waals surface area contributed by atoms with Gasteiger partial charge in [-0.15, -0.1) is 17.5 Å². The molecule has 0 aliphatic carbocycles. The van der Waals surface area contributed by atoms with Gasteiger partial charge in [0.1, 0.15) is 6.10 Å². The van der Waals surface area contributed by atoms with E-state index in [-0.39, 0.29) is 25.7 Å². The number of hydrogen-bond donors (Lipinski definition) is 2. The van der Waals surface area contributed by atoms with Crippen LogP contribution in [-0.4, -0.2) is 40.9 Å². The first kappa shape index (κ1) is 21.0. The number of carbonyl (C=O) groups is 1. The van der Waals surface area contributed by atoms with Crippen LogP contribution in [0.4, 0.5) is 0 Å². The summed E-state index contributed by atoms with van der Waals surface area (Å²) in [6.07, 6.45) is 8.99.